The second-order valence-corrected chi connectivity index (χ2v) is 6.57. The number of hydrogen-bond donors (Lipinski definition) is 2. The molecule has 25 heavy (non-hydrogen) atoms. The zero-order valence-corrected chi connectivity index (χ0v) is 14.5. The molecule has 128 valence electrons. The fraction of sp³-hybridized carbons (Fsp3) is 0.158. The van der Waals surface area contributed by atoms with E-state index in [2.05, 4.69) is 10.6 Å². The fourth-order valence-corrected chi connectivity index (χ4v) is 3.20. The Hall–Kier alpha value is -2.86. The van der Waals surface area contributed by atoms with Crippen molar-refractivity contribution in [2.45, 2.75) is 13.0 Å². The van der Waals surface area contributed by atoms with Crippen LogP contribution in [0.3, 0.4) is 0 Å². The number of aryl methyl sites for hydroxylation is 1. The van der Waals surface area contributed by atoms with Crippen LogP contribution in [0.5, 0.6) is 0 Å². The van der Waals surface area contributed by atoms with Gasteiger partial charge in [0.2, 0.25) is 5.91 Å². The number of rotatable bonds is 6. The molecule has 3 rings (SSSR count). The number of hydrogen-bond acceptors (Lipinski definition) is 4. The number of nitrogens with one attached hydrogen (secondary N) is 2. The molecule has 1 atom stereocenters. The smallest absolute Gasteiger partial charge is 0.287 e. The summed E-state index contributed by atoms with van der Waals surface area (Å²) in [6.45, 7) is 1.90. The standard InChI is InChI=1S/C19H18N2O3S/c1-13-6-8-14(9-7-13)18(16-5-3-11-25-16)21-17(22)12-20-19(23)15-4-2-10-24-15/h2-11,18H,12H2,1H3,(H,20,23)(H,21,22). The van der Waals surface area contributed by atoms with Gasteiger partial charge in [-0.2, -0.15) is 0 Å². The molecule has 0 bridgehead atoms. The Kier molecular flexibility index (Phi) is 5.30. The first-order valence-corrected chi connectivity index (χ1v) is 8.72. The largest absolute Gasteiger partial charge is 0.459 e. The van der Waals surface area contributed by atoms with Gasteiger partial charge < -0.3 is 15.1 Å². The van der Waals surface area contributed by atoms with Gasteiger partial charge in [0.05, 0.1) is 18.8 Å². The average Bonchev–Trinajstić information content (AvgIpc) is 3.31. The minimum absolute atomic E-state index is 0.118. The van der Waals surface area contributed by atoms with Gasteiger partial charge in [0.25, 0.3) is 5.91 Å². The van der Waals surface area contributed by atoms with E-state index in [0.717, 1.165) is 16.0 Å². The molecule has 0 fully saturated rings. The molecule has 1 unspecified atom stereocenters. The molecule has 0 saturated heterocycles. The van der Waals surface area contributed by atoms with Gasteiger partial charge in [0, 0.05) is 4.88 Å². The summed E-state index contributed by atoms with van der Waals surface area (Å²) in [6, 6.07) is 14.9. The highest BCUT2D eigenvalue weighted by Gasteiger charge is 2.18. The zero-order chi connectivity index (χ0) is 17.6. The van der Waals surface area contributed by atoms with Crippen molar-refractivity contribution in [3.05, 3.63) is 81.9 Å². The third-order valence-electron chi connectivity index (χ3n) is 3.70. The molecule has 0 saturated carbocycles. The van der Waals surface area contributed by atoms with Crippen LogP contribution in [-0.2, 0) is 4.79 Å². The van der Waals surface area contributed by atoms with Crippen LogP contribution in [-0.4, -0.2) is 18.4 Å². The summed E-state index contributed by atoms with van der Waals surface area (Å²) in [4.78, 5) is 25.2. The highest BCUT2D eigenvalue weighted by molar-refractivity contribution is 7.10. The first-order chi connectivity index (χ1) is 12.1. The Morgan fingerprint density at radius 3 is 2.56 bits per heavy atom. The third kappa shape index (κ3) is 4.36. The number of carbonyl (C=O) groups excluding carboxylic acids is 2. The molecule has 1 aromatic carbocycles. The molecular formula is C19H18N2O3S. The molecule has 0 radical (unpaired) electrons. The molecule has 2 aromatic heterocycles. The molecule has 0 aliphatic rings. The van der Waals surface area contributed by atoms with Crippen LogP contribution in [0.1, 0.15) is 32.6 Å². The minimum atomic E-state index is -0.414. The minimum Gasteiger partial charge on any atom is -0.459 e. The summed E-state index contributed by atoms with van der Waals surface area (Å²) in [6.07, 6.45) is 1.42. The fourth-order valence-electron chi connectivity index (χ4n) is 2.40. The highest BCUT2D eigenvalue weighted by atomic mass is 32.1. The third-order valence-corrected chi connectivity index (χ3v) is 4.64. The van der Waals surface area contributed by atoms with E-state index in [0.29, 0.717) is 0 Å². The number of benzene rings is 1. The van der Waals surface area contributed by atoms with Crippen molar-refractivity contribution in [2.24, 2.45) is 0 Å². The summed E-state index contributed by atoms with van der Waals surface area (Å²) in [5.74, 6) is -0.497. The van der Waals surface area contributed by atoms with Gasteiger partial charge in [-0.25, -0.2) is 0 Å². The predicted octanol–water partition coefficient (Wildman–Crippen LogP) is 3.29. The molecular weight excluding hydrogens is 336 g/mol. The van der Waals surface area contributed by atoms with E-state index >= 15 is 0 Å². The summed E-state index contributed by atoms with van der Waals surface area (Å²) in [5, 5.41) is 7.51. The Morgan fingerprint density at radius 2 is 1.92 bits per heavy atom. The maximum Gasteiger partial charge on any atom is 0.287 e. The van der Waals surface area contributed by atoms with Gasteiger partial charge >= 0.3 is 0 Å². The topological polar surface area (TPSA) is 71.3 Å². The summed E-state index contributed by atoms with van der Waals surface area (Å²) in [5.41, 5.74) is 2.16. The Morgan fingerprint density at radius 1 is 1.12 bits per heavy atom. The lowest BCUT2D eigenvalue weighted by atomic mass is 10.0. The second-order valence-electron chi connectivity index (χ2n) is 5.59. The summed E-state index contributed by atoms with van der Waals surface area (Å²) >= 11 is 1.58. The lowest BCUT2D eigenvalue weighted by Crippen LogP contribution is -2.38. The molecule has 2 N–H and O–H groups in total. The molecule has 0 aliphatic heterocycles. The SMILES string of the molecule is Cc1ccc(C(NC(=O)CNC(=O)c2ccco2)c2cccs2)cc1. The maximum atomic E-state index is 12.3. The first-order valence-electron chi connectivity index (χ1n) is 7.84. The molecule has 6 heteroatoms. The van der Waals surface area contributed by atoms with Gasteiger partial charge in [-0.05, 0) is 36.1 Å². The molecule has 0 spiro atoms. The van der Waals surface area contributed by atoms with Crippen molar-refractivity contribution in [1.29, 1.82) is 0 Å². The number of thiophene rings is 1. The van der Waals surface area contributed by atoms with Gasteiger partial charge in [-0.15, -0.1) is 11.3 Å². The van der Waals surface area contributed by atoms with E-state index in [9.17, 15) is 9.59 Å². The highest BCUT2D eigenvalue weighted by Crippen LogP contribution is 2.26. The molecule has 2 amide bonds. The monoisotopic (exact) mass is 354 g/mol. The summed E-state index contributed by atoms with van der Waals surface area (Å²) in [7, 11) is 0. The lowest BCUT2D eigenvalue weighted by molar-refractivity contribution is -0.120. The van der Waals surface area contributed by atoms with Crippen molar-refractivity contribution in [1.82, 2.24) is 10.6 Å². The van der Waals surface area contributed by atoms with E-state index in [1.807, 2.05) is 48.7 Å². The van der Waals surface area contributed by atoms with Crippen LogP contribution in [0, 0.1) is 6.92 Å². The number of amides is 2. The molecule has 0 aliphatic carbocycles. The predicted molar refractivity (Wildman–Crippen MR) is 96.5 cm³/mol. The van der Waals surface area contributed by atoms with Crippen molar-refractivity contribution in [3.63, 3.8) is 0 Å². The number of carbonyl (C=O) groups is 2. The van der Waals surface area contributed by atoms with Crippen LogP contribution >= 0.6 is 11.3 Å². The van der Waals surface area contributed by atoms with Crippen LogP contribution in [0.4, 0.5) is 0 Å². The Bertz CT molecular complexity index is 824. The summed E-state index contributed by atoms with van der Waals surface area (Å²) < 4.78 is 5.01. The normalized spacial score (nSPS) is 11.7. The van der Waals surface area contributed by atoms with E-state index in [1.54, 1.807) is 23.5 Å². The Balaban J connectivity index is 1.67. The molecule has 5 nitrogen and oxygen atoms in total. The van der Waals surface area contributed by atoms with E-state index in [1.165, 1.54) is 6.26 Å². The van der Waals surface area contributed by atoms with Crippen LogP contribution < -0.4 is 10.6 Å². The lowest BCUT2D eigenvalue weighted by Gasteiger charge is -2.18. The maximum absolute atomic E-state index is 12.3. The van der Waals surface area contributed by atoms with Crippen molar-refractivity contribution < 1.29 is 14.0 Å². The average molecular weight is 354 g/mol. The van der Waals surface area contributed by atoms with Crippen LogP contribution in [0.2, 0.25) is 0 Å². The first kappa shape index (κ1) is 17.0. The quantitative estimate of drug-likeness (QED) is 0.713. The van der Waals surface area contributed by atoms with Gasteiger partial charge in [-0.3, -0.25) is 9.59 Å². The van der Waals surface area contributed by atoms with Gasteiger partial charge in [-0.1, -0.05) is 35.9 Å². The second kappa shape index (κ2) is 7.81. The van der Waals surface area contributed by atoms with Crippen molar-refractivity contribution in [2.75, 3.05) is 6.54 Å². The van der Waals surface area contributed by atoms with Gasteiger partial charge in [0.1, 0.15) is 0 Å². The van der Waals surface area contributed by atoms with Crippen LogP contribution in [0.15, 0.2) is 64.6 Å². The Labute approximate surface area is 149 Å². The molecule has 2 heterocycles. The van der Waals surface area contributed by atoms with Crippen LogP contribution in [0.25, 0.3) is 0 Å². The molecule has 3 aromatic rings. The van der Waals surface area contributed by atoms with Gasteiger partial charge in [0.15, 0.2) is 5.76 Å². The van der Waals surface area contributed by atoms with E-state index in [4.69, 9.17) is 4.42 Å². The van der Waals surface area contributed by atoms with Crippen molar-refractivity contribution in [3.8, 4) is 0 Å². The van der Waals surface area contributed by atoms with Crippen molar-refractivity contribution >= 4 is 23.2 Å². The van der Waals surface area contributed by atoms with E-state index in [-0.39, 0.29) is 24.3 Å². The zero-order valence-electron chi connectivity index (χ0n) is 13.7. The number of furan rings is 1. The van der Waals surface area contributed by atoms with E-state index < -0.39 is 5.91 Å².